The third kappa shape index (κ3) is 8.62. The molecule has 9 nitrogen and oxygen atoms in total. The van der Waals surface area contributed by atoms with E-state index in [1.54, 1.807) is 5.51 Å². The Morgan fingerprint density at radius 2 is 1.33 bits per heavy atom. The zero-order valence-corrected chi connectivity index (χ0v) is 29.2. The van der Waals surface area contributed by atoms with Gasteiger partial charge < -0.3 is 26.6 Å². The summed E-state index contributed by atoms with van der Waals surface area (Å²) < 4.78 is 0. The minimum absolute atomic E-state index is 0.0663. The monoisotopic (exact) mass is 677 g/mol. The number of nitrogens with zero attached hydrogens (tertiary/aromatic N) is 4. The van der Waals surface area contributed by atoms with E-state index >= 15 is 0 Å². The smallest absolute Gasteiger partial charge is 0.240 e. The van der Waals surface area contributed by atoms with E-state index in [9.17, 15) is 9.59 Å². The third-order valence-corrected chi connectivity index (χ3v) is 10.2. The number of carbonyl (C=O) groups excluding carboxylic acids is 2. The molecule has 5 aromatic rings. The molecule has 10 heteroatoms. The van der Waals surface area contributed by atoms with Crippen molar-refractivity contribution in [3.63, 3.8) is 0 Å². The molecule has 1 aliphatic heterocycles. The van der Waals surface area contributed by atoms with E-state index in [1.165, 1.54) is 11.3 Å². The second-order valence-corrected chi connectivity index (χ2v) is 14.5. The second kappa shape index (κ2) is 15.9. The Morgan fingerprint density at radius 1 is 0.796 bits per heavy atom. The SMILES string of the molecule is CC(C)C[C@@H]1CN(C(=O)[C@H](N)Cc2ccc3ccccc3c2)[C@@H](CCCNc2nncs2)CN1C(=O)[C@H](N)Cc1ccc2ccccc2c1. The first kappa shape index (κ1) is 34.5. The lowest BCUT2D eigenvalue weighted by Crippen LogP contribution is -2.65. The predicted molar refractivity (Wildman–Crippen MR) is 199 cm³/mol. The molecular weight excluding hydrogens is 631 g/mol. The first-order valence-electron chi connectivity index (χ1n) is 17.3. The van der Waals surface area contributed by atoms with Crippen LogP contribution in [0.15, 0.2) is 90.4 Å². The van der Waals surface area contributed by atoms with Crippen LogP contribution >= 0.6 is 11.3 Å². The Kier molecular flexibility index (Phi) is 11.2. The van der Waals surface area contributed by atoms with E-state index in [0.717, 1.165) is 50.6 Å². The molecule has 1 aliphatic rings. The van der Waals surface area contributed by atoms with Crippen LogP contribution < -0.4 is 16.8 Å². The van der Waals surface area contributed by atoms with Gasteiger partial charge >= 0.3 is 0 Å². The van der Waals surface area contributed by atoms with Crippen molar-refractivity contribution in [2.45, 2.75) is 70.1 Å². The van der Waals surface area contributed by atoms with Crippen LogP contribution in [0.2, 0.25) is 0 Å². The molecule has 0 unspecified atom stereocenters. The van der Waals surface area contributed by atoms with Crippen molar-refractivity contribution in [1.82, 2.24) is 20.0 Å². The molecule has 0 aliphatic carbocycles. The maximum absolute atomic E-state index is 14.2. The van der Waals surface area contributed by atoms with Crippen molar-refractivity contribution < 1.29 is 9.59 Å². The molecule has 0 saturated carbocycles. The summed E-state index contributed by atoms with van der Waals surface area (Å²) in [6, 6.07) is 27.2. The maximum Gasteiger partial charge on any atom is 0.240 e. The number of aromatic nitrogens is 2. The van der Waals surface area contributed by atoms with Crippen molar-refractivity contribution in [3.05, 3.63) is 102 Å². The molecule has 2 heterocycles. The van der Waals surface area contributed by atoms with E-state index in [0.29, 0.717) is 44.8 Å². The fourth-order valence-corrected chi connectivity index (χ4v) is 7.58. The Bertz CT molecular complexity index is 1860. The Balaban J connectivity index is 1.20. The van der Waals surface area contributed by atoms with Gasteiger partial charge in [-0.15, -0.1) is 10.2 Å². The van der Waals surface area contributed by atoms with Crippen LogP contribution in [-0.2, 0) is 22.4 Å². The number of carbonyl (C=O) groups is 2. The Morgan fingerprint density at radius 3 is 1.86 bits per heavy atom. The number of amides is 2. The number of nitrogens with two attached hydrogens (primary N) is 2. The molecule has 4 atom stereocenters. The average molecular weight is 678 g/mol. The molecule has 5 N–H and O–H groups in total. The Labute approximate surface area is 292 Å². The number of benzene rings is 4. The first-order chi connectivity index (χ1) is 23.7. The quantitative estimate of drug-likeness (QED) is 0.138. The van der Waals surface area contributed by atoms with E-state index in [1.807, 2.05) is 34.1 Å². The summed E-state index contributed by atoms with van der Waals surface area (Å²) in [4.78, 5) is 32.3. The van der Waals surface area contributed by atoms with Gasteiger partial charge in [0.1, 0.15) is 5.51 Å². The van der Waals surface area contributed by atoms with E-state index in [2.05, 4.69) is 90.0 Å². The number of fused-ring (bicyclic) bond motifs is 2. The summed E-state index contributed by atoms with van der Waals surface area (Å²) in [6.07, 6.45) is 3.15. The van der Waals surface area contributed by atoms with Crippen LogP contribution in [0.25, 0.3) is 21.5 Å². The molecule has 0 bridgehead atoms. The fourth-order valence-electron chi connectivity index (χ4n) is 7.11. The van der Waals surface area contributed by atoms with Crippen LogP contribution in [0, 0.1) is 5.92 Å². The molecule has 1 fully saturated rings. The van der Waals surface area contributed by atoms with Crippen molar-refractivity contribution in [1.29, 1.82) is 0 Å². The molecule has 4 aromatic carbocycles. The largest absolute Gasteiger partial charge is 0.360 e. The highest BCUT2D eigenvalue weighted by atomic mass is 32.1. The third-order valence-electron chi connectivity index (χ3n) is 9.53. The summed E-state index contributed by atoms with van der Waals surface area (Å²) in [5.41, 5.74) is 17.2. The topological polar surface area (TPSA) is 130 Å². The molecule has 1 saturated heterocycles. The summed E-state index contributed by atoms with van der Waals surface area (Å²) in [7, 11) is 0. The lowest BCUT2D eigenvalue weighted by atomic mass is 9.93. The minimum atomic E-state index is -0.694. The zero-order chi connectivity index (χ0) is 34.3. The molecular formula is C39H47N7O2S. The first-order valence-corrected chi connectivity index (χ1v) is 18.2. The summed E-state index contributed by atoms with van der Waals surface area (Å²) >= 11 is 1.45. The molecule has 2 amide bonds. The molecule has 0 spiro atoms. The van der Waals surface area contributed by atoms with E-state index < -0.39 is 12.1 Å². The van der Waals surface area contributed by atoms with Crippen molar-refractivity contribution in [2.75, 3.05) is 25.0 Å². The van der Waals surface area contributed by atoms with Gasteiger partial charge in [-0.3, -0.25) is 9.59 Å². The molecule has 1 aromatic heterocycles. The number of nitrogens with one attached hydrogen (secondary N) is 1. The lowest BCUT2D eigenvalue weighted by molar-refractivity contribution is -0.149. The van der Waals surface area contributed by atoms with Gasteiger partial charge in [0.2, 0.25) is 16.9 Å². The zero-order valence-electron chi connectivity index (χ0n) is 28.4. The van der Waals surface area contributed by atoms with Crippen molar-refractivity contribution >= 4 is 49.8 Å². The van der Waals surface area contributed by atoms with Gasteiger partial charge in [-0.2, -0.15) is 0 Å². The maximum atomic E-state index is 14.2. The predicted octanol–water partition coefficient (Wildman–Crippen LogP) is 5.63. The van der Waals surface area contributed by atoms with Crippen LogP contribution in [0.5, 0.6) is 0 Å². The molecule has 49 heavy (non-hydrogen) atoms. The Hall–Kier alpha value is -4.38. The van der Waals surface area contributed by atoms with Crippen LogP contribution in [-0.4, -0.2) is 75.6 Å². The van der Waals surface area contributed by atoms with E-state index in [4.69, 9.17) is 11.5 Å². The van der Waals surface area contributed by atoms with Gasteiger partial charge in [-0.1, -0.05) is 110 Å². The number of piperazine rings is 1. The van der Waals surface area contributed by atoms with Crippen LogP contribution in [0.3, 0.4) is 0 Å². The summed E-state index contributed by atoms with van der Waals surface area (Å²) in [5.74, 6) is 0.188. The van der Waals surface area contributed by atoms with Gasteiger partial charge in [0.25, 0.3) is 0 Å². The normalized spacial score (nSPS) is 17.8. The number of hydrogen-bond donors (Lipinski definition) is 3. The van der Waals surface area contributed by atoms with Gasteiger partial charge in [-0.25, -0.2) is 0 Å². The second-order valence-electron chi connectivity index (χ2n) is 13.7. The standard InChI is InChI=1S/C39H47N7O2S/c1-26(2)18-34-24-45(37(47)35(40)21-27-13-15-29-8-3-5-10-31(29)19-27)33(12-7-17-42-39-44-43-25-49-39)23-46(34)38(48)36(41)22-28-14-16-30-9-4-6-11-32(30)20-28/h3-6,8-11,13-16,19-20,25-26,33-36H,7,12,17-18,21-24,40-41H2,1-2H3,(H,42,44)/t33-,34+,35+,36+/m0/s1. The lowest BCUT2D eigenvalue weighted by Gasteiger charge is -2.48. The highest BCUT2D eigenvalue weighted by Crippen LogP contribution is 2.27. The molecule has 0 radical (unpaired) electrons. The van der Waals surface area contributed by atoms with Crippen LogP contribution in [0.1, 0.15) is 44.2 Å². The molecule has 6 rings (SSSR count). The van der Waals surface area contributed by atoms with Crippen LogP contribution in [0.4, 0.5) is 5.13 Å². The average Bonchev–Trinajstić information content (AvgIpc) is 3.63. The van der Waals surface area contributed by atoms with Gasteiger partial charge in [0.15, 0.2) is 0 Å². The summed E-state index contributed by atoms with van der Waals surface area (Å²) in [5, 5.41) is 16.6. The number of rotatable bonds is 13. The van der Waals surface area contributed by atoms with Gasteiger partial charge in [0, 0.05) is 31.7 Å². The highest BCUT2D eigenvalue weighted by molar-refractivity contribution is 7.13. The van der Waals surface area contributed by atoms with Crippen molar-refractivity contribution in [2.24, 2.45) is 17.4 Å². The van der Waals surface area contributed by atoms with Crippen molar-refractivity contribution in [3.8, 4) is 0 Å². The van der Waals surface area contributed by atoms with Gasteiger partial charge in [0.05, 0.1) is 12.1 Å². The van der Waals surface area contributed by atoms with E-state index in [-0.39, 0.29) is 23.9 Å². The fraction of sp³-hybridized carbons (Fsp3) is 0.385. The number of hydrogen-bond acceptors (Lipinski definition) is 8. The minimum Gasteiger partial charge on any atom is -0.360 e. The molecule has 256 valence electrons. The number of anilines is 1. The highest BCUT2D eigenvalue weighted by Gasteiger charge is 2.40. The summed E-state index contributed by atoms with van der Waals surface area (Å²) in [6.45, 7) is 5.85. The van der Waals surface area contributed by atoms with Gasteiger partial charge in [-0.05, 0) is 70.7 Å².